The maximum absolute atomic E-state index is 12.4. The molecule has 0 aliphatic carbocycles. The summed E-state index contributed by atoms with van der Waals surface area (Å²) in [7, 11) is -3.48. The second-order valence-corrected chi connectivity index (χ2v) is 9.30. The molecule has 0 radical (unpaired) electrons. The molecule has 2 aromatic rings. The van der Waals surface area contributed by atoms with Crippen LogP contribution < -0.4 is 4.72 Å². The second-order valence-electron chi connectivity index (χ2n) is 6.65. The smallest absolute Gasteiger partial charge is 0.240 e. The minimum Gasteiger partial charge on any atom is -0.299 e. The lowest BCUT2D eigenvalue weighted by Gasteiger charge is -2.26. The fourth-order valence-electron chi connectivity index (χ4n) is 3.15. The molecule has 3 rings (SSSR count). The van der Waals surface area contributed by atoms with Gasteiger partial charge in [-0.15, -0.1) is 11.8 Å². The molecule has 1 N–H and O–H groups in total. The molecule has 0 unspecified atom stereocenters. The molecule has 1 heterocycles. The van der Waals surface area contributed by atoms with Crippen LogP contribution in [0.25, 0.3) is 0 Å². The van der Waals surface area contributed by atoms with Gasteiger partial charge in [0, 0.05) is 18.0 Å². The first-order valence-electron chi connectivity index (χ1n) is 9.01. The Balaban J connectivity index is 1.56. The normalized spacial score (nSPS) is 15.9. The molecule has 0 saturated carbocycles. The highest BCUT2D eigenvalue weighted by Crippen LogP contribution is 2.18. The van der Waals surface area contributed by atoms with Gasteiger partial charge < -0.3 is 0 Å². The standard InChI is InChI=1S/C20H26N2O2S2/c1-25-19-9-11-20(12-10-19)26(23,24)21-15-17-5-7-18(8-6-17)16-22-13-3-2-4-14-22/h5-12,21H,2-4,13-16H2,1H3. The highest BCUT2D eigenvalue weighted by Gasteiger charge is 2.14. The molecule has 140 valence electrons. The Labute approximate surface area is 161 Å². The number of thioether (sulfide) groups is 1. The Morgan fingerprint density at radius 1 is 0.923 bits per heavy atom. The zero-order valence-electron chi connectivity index (χ0n) is 15.1. The lowest BCUT2D eigenvalue weighted by Crippen LogP contribution is -2.29. The number of nitrogens with one attached hydrogen (secondary N) is 1. The average molecular weight is 391 g/mol. The van der Waals surface area contributed by atoms with E-state index in [1.165, 1.54) is 37.9 Å². The molecule has 1 aliphatic rings. The molecule has 1 aliphatic heterocycles. The third-order valence-corrected chi connectivity index (χ3v) is 6.87. The number of hydrogen-bond donors (Lipinski definition) is 1. The maximum atomic E-state index is 12.4. The van der Waals surface area contributed by atoms with Crippen molar-refractivity contribution in [2.45, 2.75) is 42.1 Å². The summed E-state index contributed by atoms with van der Waals surface area (Å²) in [6.07, 6.45) is 5.89. The van der Waals surface area contributed by atoms with Crippen molar-refractivity contribution >= 4 is 21.8 Å². The Hall–Kier alpha value is -1.34. The van der Waals surface area contributed by atoms with Crippen molar-refractivity contribution in [1.82, 2.24) is 9.62 Å². The topological polar surface area (TPSA) is 49.4 Å². The van der Waals surface area contributed by atoms with Crippen LogP contribution in [0.1, 0.15) is 30.4 Å². The molecule has 1 fully saturated rings. The van der Waals surface area contributed by atoms with Gasteiger partial charge in [0.1, 0.15) is 0 Å². The summed E-state index contributed by atoms with van der Waals surface area (Å²) in [5.41, 5.74) is 2.25. The van der Waals surface area contributed by atoms with E-state index >= 15 is 0 Å². The van der Waals surface area contributed by atoms with Gasteiger partial charge in [0.05, 0.1) is 4.90 Å². The van der Waals surface area contributed by atoms with Crippen molar-refractivity contribution in [3.63, 3.8) is 0 Å². The third kappa shape index (κ3) is 5.33. The quantitative estimate of drug-likeness (QED) is 0.729. The highest BCUT2D eigenvalue weighted by atomic mass is 32.2. The largest absolute Gasteiger partial charge is 0.299 e. The monoisotopic (exact) mass is 390 g/mol. The summed E-state index contributed by atoms with van der Waals surface area (Å²) in [6, 6.07) is 15.2. The number of benzene rings is 2. The Morgan fingerprint density at radius 3 is 2.15 bits per heavy atom. The van der Waals surface area contributed by atoms with E-state index in [-0.39, 0.29) is 0 Å². The number of likely N-dealkylation sites (tertiary alicyclic amines) is 1. The van der Waals surface area contributed by atoms with Crippen LogP contribution in [0.5, 0.6) is 0 Å². The molecule has 0 aromatic heterocycles. The zero-order valence-corrected chi connectivity index (χ0v) is 16.8. The van der Waals surface area contributed by atoms with E-state index in [1.54, 1.807) is 23.9 Å². The lowest BCUT2D eigenvalue weighted by molar-refractivity contribution is 0.221. The summed E-state index contributed by atoms with van der Waals surface area (Å²) < 4.78 is 27.5. The van der Waals surface area contributed by atoms with Crippen molar-refractivity contribution in [2.24, 2.45) is 0 Å². The summed E-state index contributed by atoms with van der Waals surface area (Å²) in [6.45, 7) is 3.64. The van der Waals surface area contributed by atoms with Gasteiger partial charge in [0.2, 0.25) is 10.0 Å². The molecule has 2 aromatic carbocycles. The van der Waals surface area contributed by atoms with Crippen LogP contribution in [0.3, 0.4) is 0 Å². The van der Waals surface area contributed by atoms with Gasteiger partial charge in [-0.1, -0.05) is 30.7 Å². The Morgan fingerprint density at radius 2 is 1.54 bits per heavy atom. The van der Waals surface area contributed by atoms with Gasteiger partial charge in [-0.2, -0.15) is 0 Å². The molecular formula is C20H26N2O2S2. The van der Waals surface area contributed by atoms with E-state index < -0.39 is 10.0 Å². The first kappa shape index (κ1) is 19.4. The van der Waals surface area contributed by atoms with Crippen molar-refractivity contribution < 1.29 is 8.42 Å². The van der Waals surface area contributed by atoms with E-state index in [1.807, 2.05) is 30.5 Å². The Bertz CT molecular complexity index is 797. The summed E-state index contributed by atoms with van der Waals surface area (Å²) in [5.74, 6) is 0. The van der Waals surface area contributed by atoms with Crippen molar-refractivity contribution in [1.29, 1.82) is 0 Å². The molecular weight excluding hydrogens is 364 g/mol. The molecule has 0 bridgehead atoms. The second kappa shape index (κ2) is 9.04. The summed E-state index contributed by atoms with van der Waals surface area (Å²) >= 11 is 1.59. The van der Waals surface area contributed by atoms with Gasteiger partial charge in [-0.25, -0.2) is 13.1 Å². The number of sulfonamides is 1. The van der Waals surface area contributed by atoms with Gasteiger partial charge in [0.15, 0.2) is 0 Å². The highest BCUT2D eigenvalue weighted by molar-refractivity contribution is 7.98. The average Bonchev–Trinajstić information content (AvgIpc) is 2.68. The van der Waals surface area contributed by atoms with Gasteiger partial charge >= 0.3 is 0 Å². The van der Waals surface area contributed by atoms with Crippen LogP contribution >= 0.6 is 11.8 Å². The fraction of sp³-hybridized carbons (Fsp3) is 0.400. The predicted octanol–water partition coefficient (Wildman–Crippen LogP) is 3.87. The summed E-state index contributed by atoms with van der Waals surface area (Å²) in [4.78, 5) is 3.84. The van der Waals surface area contributed by atoms with E-state index in [0.717, 1.165) is 17.0 Å². The maximum Gasteiger partial charge on any atom is 0.240 e. The molecule has 26 heavy (non-hydrogen) atoms. The van der Waals surface area contributed by atoms with Crippen LogP contribution in [-0.4, -0.2) is 32.7 Å². The molecule has 0 spiro atoms. The minimum atomic E-state index is -3.48. The van der Waals surface area contributed by atoms with E-state index in [4.69, 9.17) is 0 Å². The van der Waals surface area contributed by atoms with Crippen LogP contribution in [-0.2, 0) is 23.1 Å². The van der Waals surface area contributed by atoms with Crippen molar-refractivity contribution in [3.05, 3.63) is 59.7 Å². The SMILES string of the molecule is CSc1ccc(S(=O)(=O)NCc2ccc(CN3CCCCC3)cc2)cc1. The van der Waals surface area contributed by atoms with Crippen LogP contribution in [0.4, 0.5) is 0 Å². The number of rotatable bonds is 7. The molecule has 4 nitrogen and oxygen atoms in total. The van der Waals surface area contributed by atoms with Crippen LogP contribution in [0, 0.1) is 0 Å². The van der Waals surface area contributed by atoms with Gasteiger partial charge in [-0.3, -0.25) is 4.90 Å². The van der Waals surface area contributed by atoms with Crippen molar-refractivity contribution in [2.75, 3.05) is 19.3 Å². The number of piperidine rings is 1. The number of hydrogen-bond acceptors (Lipinski definition) is 4. The van der Waals surface area contributed by atoms with E-state index in [0.29, 0.717) is 11.4 Å². The van der Waals surface area contributed by atoms with E-state index in [2.05, 4.69) is 21.8 Å². The molecule has 1 saturated heterocycles. The van der Waals surface area contributed by atoms with E-state index in [9.17, 15) is 8.42 Å². The Kier molecular flexibility index (Phi) is 6.75. The summed E-state index contributed by atoms with van der Waals surface area (Å²) in [5, 5.41) is 0. The van der Waals surface area contributed by atoms with Crippen LogP contribution in [0.15, 0.2) is 58.3 Å². The molecule has 0 amide bonds. The molecule has 0 atom stereocenters. The first-order valence-corrected chi connectivity index (χ1v) is 11.7. The van der Waals surface area contributed by atoms with Gasteiger partial charge in [0.25, 0.3) is 0 Å². The zero-order chi connectivity index (χ0) is 18.4. The van der Waals surface area contributed by atoms with Crippen LogP contribution in [0.2, 0.25) is 0 Å². The van der Waals surface area contributed by atoms with Gasteiger partial charge in [-0.05, 0) is 67.6 Å². The predicted molar refractivity (Wildman–Crippen MR) is 108 cm³/mol. The number of nitrogens with zero attached hydrogens (tertiary/aromatic N) is 1. The first-order chi connectivity index (χ1) is 12.6. The molecule has 6 heteroatoms. The third-order valence-electron chi connectivity index (χ3n) is 4.71. The lowest BCUT2D eigenvalue weighted by atomic mass is 10.1. The van der Waals surface area contributed by atoms with Crippen molar-refractivity contribution in [3.8, 4) is 0 Å². The fourth-order valence-corrected chi connectivity index (χ4v) is 4.58. The minimum absolute atomic E-state index is 0.302.